The van der Waals surface area contributed by atoms with Gasteiger partial charge in [0.05, 0.1) is 40.7 Å². The Labute approximate surface area is 198 Å². The fourth-order valence-corrected chi connectivity index (χ4v) is 5.11. The van der Waals surface area contributed by atoms with Gasteiger partial charge in [-0.1, -0.05) is 18.2 Å². The van der Waals surface area contributed by atoms with Crippen molar-refractivity contribution in [2.24, 2.45) is 0 Å². The summed E-state index contributed by atoms with van der Waals surface area (Å²) in [6, 6.07) is 15.9. The number of benzene rings is 1. The van der Waals surface area contributed by atoms with Crippen LogP contribution in [0.15, 0.2) is 60.9 Å². The molecule has 0 aliphatic carbocycles. The molecule has 5 heterocycles. The van der Waals surface area contributed by atoms with Crippen LogP contribution in [0, 0.1) is 13.8 Å². The van der Waals surface area contributed by atoms with E-state index in [1.807, 2.05) is 68.6 Å². The minimum Gasteiger partial charge on any atom is -0.291 e. The maximum absolute atomic E-state index is 13.7. The quantitative estimate of drug-likeness (QED) is 0.462. The number of carbonyl (C=O) groups is 1. The van der Waals surface area contributed by atoms with Gasteiger partial charge in [-0.25, -0.2) is 20.4 Å². The standard InChI is InChI=1S/C27H26N6O/c1-16-6-5-13-28-25(16)19-11-9-17(2)30-26(19)27(34)22-12-10-18-14-24(33(18)32-22)23-15-29-20-7-3-4-8-21(20)31-23/h3-9,11,13,15,18,22,24,32H,10,12,14H2,1-2H3/t18-,22?,24?/m0/s1. The van der Waals surface area contributed by atoms with Crippen LogP contribution in [0.5, 0.6) is 0 Å². The molecule has 2 fully saturated rings. The highest BCUT2D eigenvalue weighted by atomic mass is 16.1. The number of aryl methyl sites for hydroxylation is 2. The van der Waals surface area contributed by atoms with Crippen LogP contribution in [-0.2, 0) is 0 Å². The molecule has 2 saturated heterocycles. The zero-order valence-electron chi connectivity index (χ0n) is 19.3. The van der Waals surface area contributed by atoms with E-state index in [2.05, 4.69) is 25.4 Å². The molecule has 2 aliphatic heterocycles. The number of nitrogens with one attached hydrogen (secondary N) is 1. The molecule has 2 unspecified atom stereocenters. The number of carbonyl (C=O) groups excluding carboxylic acids is 1. The molecule has 0 spiro atoms. The molecule has 34 heavy (non-hydrogen) atoms. The summed E-state index contributed by atoms with van der Waals surface area (Å²) in [4.78, 5) is 32.4. The Balaban J connectivity index is 1.28. The molecule has 7 nitrogen and oxygen atoms in total. The van der Waals surface area contributed by atoms with Crippen molar-refractivity contribution in [1.29, 1.82) is 0 Å². The smallest absolute Gasteiger partial charge is 0.200 e. The molecule has 6 rings (SSSR count). The van der Waals surface area contributed by atoms with Crippen LogP contribution in [0.4, 0.5) is 0 Å². The Morgan fingerprint density at radius 3 is 2.68 bits per heavy atom. The van der Waals surface area contributed by atoms with E-state index in [9.17, 15) is 4.79 Å². The van der Waals surface area contributed by atoms with Gasteiger partial charge in [0.15, 0.2) is 5.78 Å². The third-order valence-electron chi connectivity index (χ3n) is 6.98. The van der Waals surface area contributed by atoms with E-state index < -0.39 is 0 Å². The number of rotatable bonds is 4. The lowest BCUT2D eigenvalue weighted by atomic mass is 9.85. The first-order valence-electron chi connectivity index (χ1n) is 11.8. The van der Waals surface area contributed by atoms with Crippen LogP contribution in [-0.4, -0.2) is 42.8 Å². The lowest BCUT2D eigenvalue weighted by molar-refractivity contribution is -0.0767. The number of Topliss-reactive ketones (excluding diaryl/α,β-unsaturated/α-hetero) is 1. The lowest BCUT2D eigenvalue weighted by Gasteiger charge is -2.52. The zero-order chi connectivity index (χ0) is 23.2. The highest BCUT2D eigenvalue weighted by Crippen LogP contribution is 2.41. The summed E-state index contributed by atoms with van der Waals surface area (Å²) < 4.78 is 0. The molecule has 0 radical (unpaired) electrons. The van der Waals surface area contributed by atoms with Crippen LogP contribution in [0.25, 0.3) is 22.3 Å². The number of ketones is 1. The van der Waals surface area contributed by atoms with Crippen LogP contribution in [0.3, 0.4) is 0 Å². The fraction of sp³-hybridized carbons (Fsp3) is 0.296. The summed E-state index contributed by atoms with van der Waals surface area (Å²) in [5.41, 5.74) is 10.2. The second-order valence-corrected chi connectivity index (χ2v) is 9.24. The molecule has 1 aromatic carbocycles. The Bertz CT molecular complexity index is 1400. The molecule has 0 amide bonds. The Kier molecular flexibility index (Phi) is 5.16. The first-order valence-corrected chi connectivity index (χ1v) is 11.8. The van der Waals surface area contributed by atoms with E-state index in [0.717, 1.165) is 58.5 Å². The number of pyridine rings is 2. The Hall–Kier alpha value is -3.55. The third-order valence-corrected chi connectivity index (χ3v) is 6.98. The van der Waals surface area contributed by atoms with E-state index in [4.69, 9.17) is 4.98 Å². The molecule has 3 aromatic heterocycles. The number of para-hydroxylation sites is 2. The number of nitrogens with zero attached hydrogens (tertiary/aromatic N) is 5. The highest BCUT2D eigenvalue weighted by Gasteiger charge is 2.45. The van der Waals surface area contributed by atoms with Crippen molar-refractivity contribution < 1.29 is 4.79 Å². The summed E-state index contributed by atoms with van der Waals surface area (Å²) in [6.45, 7) is 3.93. The topological polar surface area (TPSA) is 83.9 Å². The van der Waals surface area contributed by atoms with Crippen molar-refractivity contribution in [2.75, 3.05) is 0 Å². The van der Waals surface area contributed by atoms with Crippen LogP contribution >= 0.6 is 0 Å². The van der Waals surface area contributed by atoms with Crippen molar-refractivity contribution in [1.82, 2.24) is 30.4 Å². The third kappa shape index (κ3) is 3.57. The second kappa shape index (κ2) is 8.34. The van der Waals surface area contributed by atoms with E-state index in [-0.39, 0.29) is 17.9 Å². The molecular weight excluding hydrogens is 424 g/mol. The van der Waals surface area contributed by atoms with Crippen molar-refractivity contribution in [3.63, 3.8) is 0 Å². The molecule has 3 atom stereocenters. The predicted octanol–water partition coefficient (Wildman–Crippen LogP) is 4.37. The number of hydrazine groups is 1. The van der Waals surface area contributed by atoms with Gasteiger partial charge < -0.3 is 0 Å². The van der Waals surface area contributed by atoms with Gasteiger partial charge in [0.25, 0.3) is 0 Å². The normalized spacial score (nSPS) is 22.2. The van der Waals surface area contributed by atoms with E-state index >= 15 is 0 Å². The number of hydrogen-bond acceptors (Lipinski definition) is 7. The molecule has 0 bridgehead atoms. The summed E-state index contributed by atoms with van der Waals surface area (Å²) in [7, 11) is 0. The van der Waals surface area contributed by atoms with Crippen molar-refractivity contribution in [2.45, 2.75) is 51.2 Å². The summed E-state index contributed by atoms with van der Waals surface area (Å²) in [5, 5.41) is 2.20. The average molecular weight is 451 g/mol. The highest BCUT2D eigenvalue weighted by molar-refractivity contribution is 6.03. The summed E-state index contributed by atoms with van der Waals surface area (Å²) in [5.74, 6) is 0.0115. The van der Waals surface area contributed by atoms with E-state index in [0.29, 0.717) is 11.7 Å². The van der Waals surface area contributed by atoms with Gasteiger partial charge in [0.2, 0.25) is 0 Å². The zero-order valence-corrected chi connectivity index (χ0v) is 19.3. The maximum atomic E-state index is 13.7. The van der Waals surface area contributed by atoms with Crippen molar-refractivity contribution in [3.8, 4) is 11.3 Å². The summed E-state index contributed by atoms with van der Waals surface area (Å²) in [6.07, 6.45) is 6.38. The van der Waals surface area contributed by atoms with Gasteiger partial charge in [-0.3, -0.25) is 14.8 Å². The molecule has 0 saturated carbocycles. The van der Waals surface area contributed by atoms with Gasteiger partial charge >= 0.3 is 0 Å². The maximum Gasteiger partial charge on any atom is 0.200 e. The van der Waals surface area contributed by atoms with E-state index in [1.54, 1.807) is 6.20 Å². The lowest BCUT2D eigenvalue weighted by Crippen LogP contribution is -2.64. The molecular formula is C27H26N6O. The van der Waals surface area contributed by atoms with Crippen LogP contribution in [0.2, 0.25) is 0 Å². The second-order valence-electron chi connectivity index (χ2n) is 9.24. The largest absolute Gasteiger partial charge is 0.291 e. The molecule has 4 aromatic rings. The summed E-state index contributed by atoms with van der Waals surface area (Å²) >= 11 is 0. The Morgan fingerprint density at radius 1 is 0.971 bits per heavy atom. The predicted molar refractivity (Wildman–Crippen MR) is 130 cm³/mol. The van der Waals surface area contributed by atoms with E-state index in [1.165, 1.54) is 0 Å². The van der Waals surface area contributed by atoms with Crippen molar-refractivity contribution in [3.05, 3.63) is 83.6 Å². The van der Waals surface area contributed by atoms with Gasteiger partial charge in [-0.15, -0.1) is 0 Å². The van der Waals surface area contributed by atoms with Gasteiger partial charge in [0, 0.05) is 23.5 Å². The monoisotopic (exact) mass is 450 g/mol. The van der Waals surface area contributed by atoms with Gasteiger partial charge in [0.1, 0.15) is 5.69 Å². The Morgan fingerprint density at radius 2 is 1.82 bits per heavy atom. The average Bonchev–Trinajstić information content (AvgIpc) is 2.85. The van der Waals surface area contributed by atoms with Crippen LogP contribution in [0.1, 0.15) is 52.7 Å². The minimum absolute atomic E-state index is 0.0115. The van der Waals surface area contributed by atoms with Gasteiger partial charge in [-0.2, -0.15) is 0 Å². The molecule has 170 valence electrons. The fourth-order valence-electron chi connectivity index (χ4n) is 5.11. The minimum atomic E-state index is -0.329. The van der Waals surface area contributed by atoms with Crippen LogP contribution < -0.4 is 5.43 Å². The number of aromatic nitrogens is 4. The first kappa shape index (κ1) is 21.0. The SMILES string of the molecule is Cc1ccc(-c2ncccc2C)c(C(=O)C2CC[C@H]3CC(c4cnc5ccccc5n4)N3N2)n1. The van der Waals surface area contributed by atoms with Gasteiger partial charge in [-0.05, 0) is 69.0 Å². The number of fused-ring (bicyclic) bond motifs is 2. The molecule has 1 N–H and O–H groups in total. The first-order chi connectivity index (χ1) is 16.6. The number of hydrogen-bond donors (Lipinski definition) is 1. The molecule has 7 heteroatoms. The van der Waals surface area contributed by atoms with Crippen molar-refractivity contribution >= 4 is 16.8 Å². The molecule has 2 aliphatic rings.